The van der Waals surface area contributed by atoms with Crippen LogP contribution in [0.4, 0.5) is 5.69 Å². The summed E-state index contributed by atoms with van der Waals surface area (Å²) in [4.78, 5) is 11.6. The fraction of sp³-hybridized carbons (Fsp3) is 0.0714. The maximum atomic E-state index is 11.6. The van der Waals surface area contributed by atoms with E-state index in [0.29, 0.717) is 10.8 Å². The summed E-state index contributed by atoms with van der Waals surface area (Å²) < 4.78 is 5.13. The van der Waals surface area contributed by atoms with Crippen LogP contribution in [-0.4, -0.2) is 12.5 Å². The molecule has 2 rings (SSSR count). The molecule has 0 aromatic heterocycles. The Morgan fingerprint density at radius 2 is 1.89 bits per heavy atom. The summed E-state index contributed by atoms with van der Waals surface area (Å²) in [5.74, 6) is 0.191. The van der Waals surface area contributed by atoms with Gasteiger partial charge in [0, 0.05) is 10.7 Å². The zero-order valence-corrected chi connectivity index (χ0v) is 10.4. The highest BCUT2D eigenvalue weighted by molar-refractivity contribution is 6.30. The fourth-order valence-corrected chi connectivity index (χ4v) is 1.62. The molecule has 0 aliphatic heterocycles. The molecule has 0 atom stereocenters. The van der Waals surface area contributed by atoms with Crippen LogP contribution in [0.25, 0.3) is 0 Å². The van der Waals surface area contributed by atoms with Crippen LogP contribution in [0.5, 0.6) is 5.75 Å². The third-order valence-corrected chi connectivity index (χ3v) is 2.47. The second-order valence-corrected chi connectivity index (χ2v) is 4.09. The van der Waals surface area contributed by atoms with Crippen molar-refractivity contribution in [2.24, 2.45) is 0 Å². The maximum Gasteiger partial charge on any atom is 0.330 e. The molecule has 0 saturated carbocycles. The molecule has 4 heteroatoms. The number of ether oxygens (including phenoxy) is 1. The van der Waals surface area contributed by atoms with Gasteiger partial charge in [0.15, 0.2) is 0 Å². The van der Waals surface area contributed by atoms with Crippen LogP contribution in [0.1, 0.15) is 0 Å². The molecule has 0 heterocycles. The average molecular weight is 262 g/mol. The predicted molar refractivity (Wildman–Crippen MR) is 72.0 cm³/mol. The van der Waals surface area contributed by atoms with Crippen molar-refractivity contribution in [3.8, 4) is 5.75 Å². The molecule has 3 nitrogen and oxygen atoms in total. The average Bonchev–Trinajstić information content (AvgIpc) is 2.38. The van der Waals surface area contributed by atoms with Crippen molar-refractivity contribution in [2.75, 3.05) is 11.9 Å². The summed E-state index contributed by atoms with van der Waals surface area (Å²) >= 11 is 5.83. The second-order valence-electron chi connectivity index (χ2n) is 3.65. The van der Waals surface area contributed by atoms with Gasteiger partial charge in [0.25, 0.3) is 0 Å². The van der Waals surface area contributed by atoms with Gasteiger partial charge in [0.1, 0.15) is 12.3 Å². The minimum Gasteiger partial charge on any atom is -0.425 e. The van der Waals surface area contributed by atoms with Gasteiger partial charge in [-0.3, -0.25) is 0 Å². The van der Waals surface area contributed by atoms with Gasteiger partial charge >= 0.3 is 5.97 Å². The lowest BCUT2D eigenvalue weighted by molar-refractivity contribution is -0.132. The molecule has 0 saturated heterocycles. The number of hydrogen-bond donors (Lipinski definition) is 1. The van der Waals surface area contributed by atoms with Crippen molar-refractivity contribution in [3.05, 3.63) is 59.6 Å². The van der Waals surface area contributed by atoms with E-state index in [9.17, 15) is 4.79 Å². The van der Waals surface area contributed by atoms with Crippen molar-refractivity contribution in [1.82, 2.24) is 0 Å². The van der Waals surface area contributed by atoms with E-state index < -0.39 is 0 Å². The van der Waals surface area contributed by atoms with Gasteiger partial charge in [-0.15, -0.1) is 0 Å². The highest BCUT2D eigenvalue weighted by Gasteiger charge is 2.04. The Labute approximate surface area is 110 Å². The fourth-order valence-electron chi connectivity index (χ4n) is 1.43. The number of anilines is 1. The summed E-state index contributed by atoms with van der Waals surface area (Å²) in [6.45, 7) is 0.0925. The monoisotopic (exact) mass is 261 g/mol. The first kappa shape index (κ1) is 12.5. The summed E-state index contributed by atoms with van der Waals surface area (Å²) in [6.07, 6.45) is 0. The molecule has 0 radical (unpaired) electrons. The van der Waals surface area contributed by atoms with E-state index >= 15 is 0 Å². The van der Waals surface area contributed by atoms with E-state index in [4.69, 9.17) is 16.3 Å². The Hall–Kier alpha value is -2.00. The van der Waals surface area contributed by atoms with E-state index in [2.05, 4.69) is 5.32 Å². The van der Waals surface area contributed by atoms with E-state index in [-0.39, 0.29) is 12.5 Å². The van der Waals surface area contributed by atoms with Crippen LogP contribution in [0.15, 0.2) is 54.6 Å². The Balaban J connectivity index is 1.85. The van der Waals surface area contributed by atoms with Crippen LogP contribution in [0.2, 0.25) is 5.02 Å². The third-order valence-electron chi connectivity index (χ3n) is 2.24. The highest BCUT2D eigenvalue weighted by Crippen LogP contribution is 2.14. The van der Waals surface area contributed by atoms with Crippen LogP contribution >= 0.6 is 11.6 Å². The molecule has 2 aromatic carbocycles. The normalized spacial score (nSPS) is 9.83. The van der Waals surface area contributed by atoms with Crippen LogP contribution in [0.3, 0.4) is 0 Å². The largest absolute Gasteiger partial charge is 0.425 e. The summed E-state index contributed by atoms with van der Waals surface area (Å²) in [5.41, 5.74) is 0.785. The molecule has 2 aromatic rings. The summed E-state index contributed by atoms with van der Waals surface area (Å²) in [7, 11) is 0. The Bertz CT molecular complexity index is 528. The zero-order valence-electron chi connectivity index (χ0n) is 9.60. The van der Waals surface area contributed by atoms with Crippen molar-refractivity contribution in [2.45, 2.75) is 0 Å². The van der Waals surface area contributed by atoms with E-state index in [1.54, 1.807) is 24.3 Å². The van der Waals surface area contributed by atoms with Crippen molar-refractivity contribution >= 4 is 23.3 Å². The molecular formula is C14H12ClNO2. The molecule has 0 unspecified atom stereocenters. The van der Waals surface area contributed by atoms with Gasteiger partial charge in [-0.2, -0.15) is 0 Å². The smallest absolute Gasteiger partial charge is 0.330 e. The number of carbonyl (C=O) groups excluding carboxylic acids is 1. The third kappa shape index (κ3) is 3.79. The SMILES string of the molecule is O=C(CNc1cccc(Cl)c1)Oc1ccccc1. The number of esters is 1. The van der Waals surface area contributed by atoms with Gasteiger partial charge in [0.05, 0.1) is 0 Å². The summed E-state index contributed by atoms with van der Waals surface area (Å²) in [5, 5.41) is 3.57. The minimum atomic E-state index is -0.346. The molecule has 1 N–H and O–H groups in total. The highest BCUT2D eigenvalue weighted by atomic mass is 35.5. The van der Waals surface area contributed by atoms with E-state index in [0.717, 1.165) is 5.69 Å². The molecule has 18 heavy (non-hydrogen) atoms. The Morgan fingerprint density at radius 1 is 1.11 bits per heavy atom. The number of carbonyl (C=O) groups is 1. The van der Waals surface area contributed by atoms with Gasteiger partial charge in [-0.1, -0.05) is 35.9 Å². The lowest BCUT2D eigenvalue weighted by atomic mass is 10.3. The second kappa shape index (κ2) is 6.07. The lowest BCUT2D eigenvalue weighted by Crippen LogP contribution is -2.19. The molecule has 92 valence electrons. The molecule has 0 bridgehead atoms. The zero-order chi connectivity index (χ0) is 12.8. The van der Waals surface area contributed by atoms with Crippen molar-refractivity contribution in [1.29, 1.82) is 0 Å². The topological polar surface area (TPSA) is 38.3 Å². The van der Waals surface area contributed by atoms with Gasteiger partial charge in [0.2, 0.25) is 0 Å². The number of nitrogens with one attached hydrogen (secondary N) is 1. The maximum absolute atomic E-state index is 11.6. The van der Waals surface area contributed by atoms with Crippen molar-refractivity contribution in [3.63, 3.8) is 0 Å². The number of rotatable bonds is 4. The molecule has 0 aliphatic rings. The standard InChI is InChI=1S/C14H12ClNO2/c15-11-5-4-6-12(9-11)16-10-14(17)18-13-7-2-1-3-8-13/h1-9,16H,10H2. The number of benzene rings is 2. The molecule has 0 amide bonds. The van der Waals surface area contributed by atoms with Gasteiger partial charge in [-0.25, -0.2) is 4.79 Å². The Morgan fingerprint density at radius 3 is 2.61 bits per heavy atom. The first-order chi connectivity index (χ1) is 8.74. The van der Waals surface area contributed by atoms with E-state index in [1.807, 2.05) is 30.3 Å². The van der Waals surface area contributed by atoms with E-state index in [1.165, 1.54) is 0 Å². The van der Waals surface area contributed by atoms with Crippen LogP contribution < -0.4 is 10.1 Å². The quantitative estimate of drug-likeness (QED) is 0.677. The first-order valence-electron chi connectivity index (χ1n) is 5.49. The molecule has 0 spiro atoms. The van der Waals surface area contributed by atoms with Crippen LogP contribution in [-0.2, 0) is 4.79 Å². The summed E-state index contributed by atoms with van der Waals surface area (Å²) in [6, 6.07) is 16.1. The lowest BCUT2D eigenvalue weighted by Gasteiger charge is -2.07. The van der Waals surface area contributed by atoms with Crippen LogP contribution in [0, 0.1) is 0 Å². The van der Waals surface area contributed by atoms with Gasteiger partial charge < -0.3 is 10.1 Å². The molecular weight excluding hydrogens is 250 g/mol. The minimum absolute atomic E-state index is 0.0925. The number of halogens is 1. The van der Waals surface area contributed by atoms with Crippen molar-refractivity contribution < 1.29 is 9.53 Å². The predicted octanol–water partition coefficient (Wildman–Crippen LogP) is 3.36. The number of para-hydroxylation sites is 1. The molecule has 0 aliphatic carbocycles. The molecule has 0 fully saturated rings. The number of hydrogen-bond acceptors (Lipinski definition) is 3. The Kier molecular flexibility index (Phi) is 4.20. The van der Waals surface area contributed by atoms with Gasteiger partial charge in [-0.05, 0) is 30.3 Å². The first-order valence-corrected chi connectivity index (χ1v) is 5.87.